The maximum Gasteiger partial charge on any atom is 0.321 e. The number of carbonyl (C=O) groups is 2. The lowest BCUT2D eigenvalue weighted by molar-refractivity contribution is 0.101. The van der Waals surface area contributed by atoms with Gasteiger partial charge in [0, 0.05) is 24.3 Å². The lowest BCUT2D eigenvalue weighted by Gasteiger charge is -2.31. The third-order valence-electron chi connectivity index (χ3n) is 3.89. The van der Waals surface area contributed by atoms with E-state index in [9.17, 15) is 9.59 Å². The van der Waals surface area contributed by atoms with Gasteiger partial charge in [-0.3, -0.25) is 4.79 Å². The number of hydrogen-bond acceptors (Lipinski definition) is 2. The predicted octanol–water partition coefficient (Wildman–Crippen LogP) is 3.54. The molecule has 0 aliphatic heterocycles. The Kier molecular flexibility index (Phi) is 4.77. The first-order chi connectivity index (χ1) is 9.60. The van der Waals surface area contributed by atoms with E-state index >= 15 is 0 Å². The molecule has 0 aromatic heterocycles. The average molecular weight is 274 g/mol. The Morgan fingerprint density at radius 3 is 2.65 bits per heavy atom. The summed E-state index contributed by atoms with van der Waals surface area (Å²) in [6.07, 6.45) is 3.73. The van der Waals surface area contributed by atoms with E-state index in [1.54, 1.807) is 18.2 Å². The molecule has 0 heterocycles. The topological polar surface area (TPSA) is 49.4 Å². The van der Waals surface area contributed by atoms with Crippen molar-refractivity contribution in [2.45, 2.75) is 33.1 Å². The van der Waals surface area contributed by atoms with Gasteiger partial charge in [-0.2, -0.15) is 0 Å². The second-order valence-electron chi connectivity index (χ2n) is 5.40. The first-order valence-electron chi connectivity index (χ1n) is 7.27. The van der Waals surface area contributed by atoms with Crippen molar-refractivity contribution in [2.24, 2.45) is 5.92 Å². The van der Waals surface area contributed by atoms with Crippen LogP contribution in [-0.2, 0) is 0 Å². The first kappa shape index (κ1) is 14.6. The molecular weight excluding hydrogens is 252 g/mol. The maximum absolute atomic E-state index is 12.2. The largest absolute Gasteiger partial charge is 0.325 e. The summed E-state index contributed by atoms with van der Waals surface area (Å²) >= 11 is 0. The van der Waals surface area contributed by atoms with E-state index in [1.807, 2.05) is 17.9 Å². The van der Waals surface area contributed by atoms with Crippen molar-refractivity contribution in [2.75, 3.05) is 18.4 Å². The number of anilines is 1. The highest BCUT2D eigenvalue weighted by Crippen LogP contribution is 2.27. The van der Waals surface area contributed by atoms with Gasteiger partial charge in [0.25, 0.3) is 0 Å². The van der Waals surface area contributed by atoms with Crippen molar-refractivity contribution in [3.05, 3.63) is 29.8 Å². The van der Waals surface area contributed by atoms with Gasteiger partial charge in [-0.05, 0) is 44.7 Å². The highest BCUT2D eigenvalue weighted by atomic mass is 16.2. The summed E-state index contributed by atoms with van der Waals surface area (Å²) in [5.41, 5.74) is 1.29. The average Bonchev–Trinajstić information content (AvgIpc) is 2.37. The van der Waals surface area contributed by atoms with Crippen LogP contribution in [0.15, 0.2) is 24.3 Å². The van der Waals surface area contributed by atoms with Gasteiger partial charge in [0.2, 0.25) is 0 Å². The number of carbonyl (C=O) groups excluding carboxylic acids is 2. The molecule has 2 rings (SSSR count). The Labute approximate surface area is 120 Å². The van der Waals surface area contributed by atoms with Crippen LogP contribution in [0.2, 0.25) is 0 Å². The molecule has 0 radical (unpaired) electrons. The molecule has 4 nitrogen and oxygen atoms in total. The smallest absolute Gasteiger partial charge is 0.321 e. The number of rotatable bonds is 5. The molecule has 1 aliphatic rings. The molecule has 20 heavy (non-hydrogen) atoms. The highest BCUT2D eigenvalue weighted by molar-refractivity contribution is 5.96. The molecule has 0 atom stereocenters. The number of hydrogen-bond donors (Lipinski definition) is 1. The molecule has 1 fully saturated rings. The summed E-state index contributed by atoms with van der Waals surface area (Å²) in [5, 5.41) is 2.88. The highest BCUT2D eigenvalue weighted by Gasteiger charge is 2.22. The summed E-state index contributed by atoms with van der Waals surface area (Å²) in [6.45, 7) is 5.05. The quantitative estimate of drug-likeness (QED) is 0.835. The summed E-state index contributed by atoms with van der Waals surface area (Å²) in [6, 6.07) is 6.98. The van der Waals surface area contributed by atoms with Crippen molar-refractivity contribution in [1.82, 2.24) is 4.90 Å². The molecule has 2 amide bonds. The summed E-state index contributed by atoms with van der Waals surface area (Å²) in [7, 11) is 0. The van der Waals surface area contributed by atoms with Gasteiger partial charge in [-0.25, -0.2) is 4.79 Å². The number of amides is 2. The number of ketones is 1. The molecule has 1 saturated carbocycles. The zero-order valence-corrected chi connectivity index (χ0v) is 12.2. The molecule has 0 unspecified atom stereocenters. The van der Waals surface area contributed by atoms with Crippen molar-refractivity contribution in [1.29, 1.82) is 0 Å². The van der Waals surface area contributed by atoms with E-state index in [1.165, 1.54) is 26.2 Å². The van der Waals surface area contributed by atoms with Crippen LogP contribution in [0.4, 0.5) is 10.5 Å². The minimum Gasteiger partial charge on any atom is -0.325 e. The number of nitrogens with zero attached hydrogens (tertiary/aromatic N) is 1. The van der Waals surface area contributed by atoms with Crippen molar-refractivity contribution >= 4 is 17.5 Å². The Bertz CT molecular complexity index is 495. The maximum atomic E-state index is 12.2. The van der Waals surface area contributed by atoms with E-state index in [0.717, 1.165) is 6.54 Å². The Morgan fingerprint density at radius 1 is 1.35 bits per heavy atom. The number of urea groups is 1. The normalized spacial score (nSPS) is 14.5. The molecule has 4 heteroatoms. The predicted molar refractivity (Wildman–Crippen MR) is 80.1 cm³/mol. The van der Waals surface area contributed by atoms with Gasteiger partial charge in [0.1, 0.15) is 0 Å². The zero-order chi connectivity index (χ0) is 14.5. The summed E-state index contributed by atoms with van der Waals surface area (Å²) in [4.78, 5) is 25.4. The Balaban J connectivity index is 1.98. The van der Waals surface area contributed by atoms with Crippen LogP contribution < -0.4 is 5.32 Å². The van der Waals surface area contributed by atoms with Crippen molar-refractivity contribution < 1.29 is 9.59 Å². The van der Waals surface area contributed by atoms with Crippen LogP contribution in [0.25, 0.3) is 0 Å². The molecule has 108 valence electrons. The lowest BCUT2D eigenvalue weighted by Crippen LogP contribution is -2.39. The van der Waals surface area contributed by atoms with Crippen LogP contribution >= 0.6 is 0 Å². The van der Waals surface area contributed by atoms with Gasteiger partial charge in [-0.1, -0.05) is 18.6 Å². The van der Waals surface area contributed by atoms with E-state index < -0.39 is 0 Å². The molecule has 1 aromatic carbocycles. The van der Waals surface area contributed by atoms with Gasteiger partial charge in [-0.15, -0.1) is 0 Å². The van der Waals surface area contributed by atoms with E-state index in [4.69, 9.17) is 0 Å². The van der Waals surface area contributed by atoms with E-state index in [-0.39, 0.29) is 11.8 Å². The molecule has 0 saturated heterocycles. The van der Waals surface area contributed by atoms with E-state index in [2.05, 4.69) is 5.32 Å². The monoisotopic (exact) mass is 274 g/mol. The standard InChI is InChI=1S/C16H22N2O2/c1-3-18(11-13-6-4-7-13)16(20)17-15-9-5-8-14(10-15)12(2)19/h5,8-10,13H,3-4,6-7,11H2,1-2H3,(H,17,20). The zero-order valence-electron chi connectivity index (χ0n) is 12.2. The Hall–Kier alpha value is -1.84. The summed E-state index contributed by atoms with van der Waals surface area (Å²) in [5.74, 6) is 0.659. The second kappa shape index (κ2) is 6.55. The number of nitrogens with one attached hydrogen (secondary N) is 1. The van der Waals surface area contributed by atoms with Crippen LogP contribution in [0.3, 0.4) is 0 Å². The third-order valence-corrected chi connectivity index (χ3v) is 3.89. The van der Waals surface area contributed by atoms with Crippen LogP contribution in [-0.4, -0.2) is 29.8 Å². The fraction of sp³-hybridized carbons (Fsp3) is 0.500. The fourth-order valence-corrected chi connectivity index (χ4v) is 2.36. The van der Waals surface area contributed by atoms with Crippen molar-refractivity contribution in [3.8, 4) is 0 Å². The van der Waals surface area contributed by atoms with Crippen LogP contribution in [0, 0.1) is 5.92 Å². The second-order valence-corrected chi connectivity index (χ2v) is 5.40. The van der Waals surface area contributed by atoms with Gasteiger partial charge in [0.05, 0.1) is 0 Å². The van der Waals surface area contributed by atoms with E-state index in [0.29, 0.717) is 23.7 Å². The minimum atomic E-state index is -0.0832. The molecule has 0 spiro atoms. The van der Waals surface area contributed by atoms with Gasteiger partial charge >= 0.3 is 6.03 Å². The van der Waals surface area contributed by atoms with Gasteiger partial charge in [0.15, 0.2) is 5.78 Å². The van der Waals surface area contributed by atoms with Gasteiger partial charge < -0.3 is 10.2 Å². The lowest BCUT2D eigenvalue weighted by atomic mass is 9.85. The molecule has 1 aromatic rings. The molecule has 0 bridgehead atoms. The third kappa shape index (κ3) is 3.59. The minimum absolute atomic E-state index is 0.00270. The fourth-order valence-electron chi connectivity index (χ4n) is 2.36. The van der Waals surface area contributed by atoms with Crippen LogP contribution in [0.1, 0.15) is 43.5 Å². The SMILES string of the molecule is CCN(CC1CCC1)C(=O)Nc1cccc(C(C)=O)c1. The number of Topliss-reactive ketones (excluding diaryl/α,β-unsaturated/α-hetero) is 1. The summed E-state index contributed by atoms with van der Waals surface area (Å²) < 4.78 is 0. The molecule has 1 N–H and O–H groups in total. The number of benzene rings is 1. The van der Waals surface area contributed by atoms with Crippen LogP contribution in [0.5, 0.6) is 0 Å². The van der Waals surface area contributed by atoms with Crippen molar-refractivity contribution in [3.63, 3.8) is 0 Å². The first-order valence-corrected chi connectivity index (χ1v) is 7.27. The molecular formula is C16H22N2O2. The Morgan fingerprint density at radius 2 is 2.10 bits per heavy atom. The molecule has 1 aliphatic carbocycles.